The van der Waals surface area contributed by atoms with Crippen LogP contribution >= 0.6 is 0 Å². The third-order valence-corrected chi connectivity index (χ3v) is 5.98. The van der Waals surface area contributed by atoms with Gasteiger partial charge < -0.3 is 67.4 Å². The lowest BCUT2D eigenvalue weighted by atomic mass is 9.87. The molecular formula is C17H34N4O9. The van der Waals surface area contributed by atoms with Gasteiger partial charge in [0.2, 0.25) is 0 Å². The molecule has 0 aromatic rings. The first-order valence-electron chi connectivity index (χ1n) is 10.1. The standard InChI is InChI=1S/C17H34N4O9/c18-3-8-12(24)13(25)10(21)16(28-8)30-15-9(4-22)29-17(14(15)26)27-7-2-5(19)1-6(20)11(7)23/h5-17,22-26H,1-4,18-21H2/t5-,6+,7-,8-,9+,10+,11-,12+,13-,14+,15+,16+,17+/m0/s1. The Bertz CT molecular complexity index is 561. The molecule has 13 N–H and O–H groups in total. The molecule has 0 spiro atoms. The predicted octanol–water partition coefficient (Wildman–Crippen LogP) is -5.62. The SMILES string of the molecule is NC[C@@H]1O[C@H](O[C@H]2[C@@H](O)[C@H](O[C@H]3C[C@@H](N)C[C@@H](N)[C@@H]3O)O[C@@H]2CO)[C@H](N)[C@H](O)[C@@H]1O. The van der Waals surface area contributed by atoms with E-state index in [4.69, 9.17) is 41.9 Å². The highest BCUT2D eigenvalue weighted by Crippen LogP contribution is 2.32. The lowest BCUT2D eigenvalue weighted by Crippen LogP contribution is -2.64. The molecule has 176 valence electrons. The average Bonchev–Trinajstić information content (AvgIpc) is 3.00. The minimum atomic E-state index is -1.38. The van der Waals surface area contributed by atoms with Gasteiger partial charge in [0, 0.05) is 18.6 Å². The van der Waals surface area contributed by atoms with Crippen molar-refractivity contribution < 1.29 is 44.5 Å². The summed E-state index contributed by atoms with van der Waals surface area (Å²) in [6, 6.07) is -1.99. The molecule has 3 aliphatic rings. The van der Waals surface area contributed by atoms with Gasteiger partial charge in [0.1, 0.15) is 36.6 Å². The van der Waals surface area contributed by atoms with Crippen molar-refractivity contribution >= 4 is 0 Å². The number of nitrogens with two attached hydrogens (primary N) is 4. The molecule has 30 heavy (non-hydrogen) atoms. The number of ether oxygens (including phenoxy) is 4. The molecule has 13 atom stereocenters. The van der Waals surface area contributed by atoms with Crippen molar-refractivity contribution in [3.05, 3.63) is 0 Å². The average molecular weight is 438 g/mol. The zero-order valence-electron chi connectivity index (χ0n) is 16.5. The molecule has 0 aromatic carbocycles. The van der Waals surface area contributed by atoms with Crippen LogP contribution in [0.5, 0.6) is 0 Å². The Morgan fingerprint density at radius 3 is 2.10 bits per heavy atom. The van der Waals surface area contributed by atoms with Crippen molar-refractivity contribution in [3.8, 4) is 0 Å². The summed E-state index contributed by atoms with van der Waals surface area (Å²) in [6.45, 7) is -0.606. The Kier molecular flexibility index (Phi) is 8.01. The fourth-order valence-corrected chi connectivity index (χ4v) is 4.16. The Morgan fingerprint density at radius 2 is 1.47 bits per heavy atom. The van der Waals surface area contributed by atoms with E-state index in [1.165, 1.54) is 0 Å². The summed E-state index contributed by atoms with van der Waals surface area (Å²) in [7, 11) is 0. The number of hydrogen-bond donors (Lipinski definition) is 9. The smallest absolute Gasteiger partial charge is 0.187 e. The topological polar surface area (TPSA) is 242 Å². The molecule has 0 aromatic heterocycles. The fourth-order valence-electron chi connectivity index (χ4n) is 4.16. The number of aliphatic hydroxyl groups is 5. The van der Waals surface area contributed by atoms with Gasteiger partial charge in [-0.3, -0.25) is 0 Å². The van der Waals surface area contributed by atoms with Crippen molar-refractivity contribution in [1.29, 1.82) is 0 Å². The van der Waals surface area contributed by atoms with E-state index in [-0.39, 0.29) is 12.6 Å². The van der Waals surface area contributed by atoms with Crippen LogP contribution in [0.15, 0.2) is 0 Å². The number of rotatable bonds is 6. The highest BCUT2D eigenvalue weighted by molar-refractivity contribution is 4.96. The first kappa shape index (κ1) is 24.1. The fraction of sp³-hybridized carbons (Fsp3) is 1.00. The minimum absolute atomic E-state index is 0.0935. The molecule has 0 unspecified atom stereocenters. The first-order valence-corrected chi connectivity index (χ1v) is 10.1. The molecule has 0 radical (unpaired) electrons. The Labute approximate surface area is 173 Å². The summed E-state index contributed by atoms with van der Waals surface area (Å²) in [5, 5.41) is 50.7. The lowest BCUT2D eigenvalue weighted by molar-refractivity contribution is -0.280. The third-order valence-electron chi connectivity index (χ3n) is 5.98. The van der Waals surface area contributed by atoms with Gasteiger partial charge in [-0.25, -0.2) is 0 Å². The number of hydrogen-bond acceptors (Lipinski definition) is 13. The second kappa shape index (κ2) is 9.95. The van der Waals surface area contributed by atoms with Gasteiger partial charge in [0.25, 0.3) is 0 Å². The molecule has 3 fully saturated rings. The van der Waals surface area contributed by atoms with Crippen LogP contribution in [0.1, 0.15) is 12.8 Å². The Hall–Kier alpha value is -0.520. The first-order chi connectivity index (χ1) is 14.2. The molecular weight excluding hydrogens is 404 g/mol. The van der Waals surface area contributed by atoms with Crippen LogP contribution in [0.2, 0.25) is 0 Å². The van der Waals surface area contributed by atoms with E-state index < -0.39 is 80.1 Å². The molecule has 0 bridgehead atoms. The molecule has 2 heterocycles. The maximum Gasteiger partial charge on any atom is 0.187 e. The Morgan fingerprint density at radius 1 is 0.800 bits per heavy atom. The second-order valence-electron chi connectivity index (χ2n) is 8.21. The van der Waals surface area contributed by atoms with Gasteiger partial charge in [0.15, 0.2) is 12.6 Å². The highest BCUT2D eigenvalue weighted by Gasteiger charge is 2.51. The number of aliphatic hydroxyl groups excluding tert-OH is 5. The molecule has 13 nitrogen and oxygen atoms in total. The van der Waals surface area contributed by atoms with Gasteiger partial charge in [-0.15, -0.1) is 0 Å². The summed E-state index contributed by atoms with van der Waals surface area (Å²) in [5.74, 6) is 0. The van der Waals surface area contributed by atoms with Crippen LogP contribution in [-0.2, 0) is 18.9 Å². The monoisotopic (exact) mass is 438 g/mol. The molecule has 13 heteroatoms. The molecule has 1 saturated carbocycles. The van der Waals surface area contributed by atoms with Gasteiger partial charge >= 0.3 is 0 Å². The van der Waals surface area contributed by atoms with E-state index in [1.807, 2.05) is 0 Å². The van der Waals surface area contributed by atoms with Gasteiger partial charge in [0.05, 0.1) is 24.9 Å². The summed E-state index contributed by atoms with van der Waals surface area (Å²) in [4.78, 5) is 0. The summed E-state index contributed by atoms with van der Waals surface area (Å²) in [6.07, 6.45) is -10.5. The van der Waals surface area contributed by atoms with E-state index in [0.29, 0.717) is 12.8 Å². The van der Waals surface area contributed by atoms with Crippen LogP contribution in [-0.4, -0.2) is 118 Å². The molecule has 2 aliphatic heterocycles. The van der Waals surface area contributed by atoms with E-state index in [1.54, 1.807) is 0 Å². The van der Waals surface area contributed by atoms with Crippen LogP contribution < -0.4 is 22.9 Å². The minimum Gasteiger partial charge on any atom is -0.394 e. The maximum atomic E-state index is 10.7. The lowest BCUT2D eigenvalue weighted by Gasteiger charge is -2.42. The van der Waals surface area contributed by atoms with Crippen molar-refractivity contribution in [1.82, 2.24) is 0 Å². The molecule has 2 saturated heterocycles. The molecule has 0 amide bonds. The summed E-state index contributed by atoms with van der Waals surface area (Å²) >= 11 is 0. The largest absolute Gasteiger partial charge is 0.394 e. The van der Waals surface area contributed by atoms with Crippen molar-refractivity contribution in [2.45, 2.75) is 92.4 Å². The van der Waals surface area contributed by atoms with E-state index >= 15 is 0 Å². The summed E-state index contributed by atoms with van der Waals surface area (Å²) in [5.41, 5.74) is 23.2. The van der Waals surface area contributed by atoms with Crippen molar-refractivity contribution in [3.63, 3.8) is 0 Å². The zero-order valence-corrected chi connectivity index (χ0v) is 16.5. The van der Waals surface area contributed by atoms with Crippen LogP contribution in [0.4, 0.5) is 0 Å². The normalized spacial score (nSPS) is 52.5. The zero-order chi connectivity index (χ0) is 22.2. The quantitative estimate of drug-likeness (QED) is 0.188. The van der Waals surface area contributed by atoms with Gasteiger partial charge in [-0.1, -0.05) is 0 Å². The molecule has 1 aliphatic carbocycles. The summed E-state index contributed by atoms with van der Waals surface area (Å²) < 4.78 is 22.5. The van der Waals surface area contributed by atoms with Crippen LogP contribution in [0.3, 0.4) is 0 Å². The highest BCUT2D eigenvalue weighted by atomic mass is 16.7. The second-order valence-corrected chi connectivity index (χ2v) is 8.21. The predicted molar refractivity (Wildman–Crippen MR) is 100 cm³/mol. The van der Waals surface area contributed by atoms with E-state index in [9.17, 15) is 25.5 Å². The van der Waals surface area contributed by atoms with Crippen molar-refractivity contribution in [2.24, 2.45) is 22.9 Å². The van der Waals surface area contributed by atoms with Crippen molar-refractivity contribution in [2.75, 3.05) is 13.2 Å². The third kappa shape index (κ3) is 4.78. The Balaban J connectivity index is 1.67. The van der Waals surface area contributed by atoms with Gasteiger partial charge in [-0.2, -0.15) is 0 Å². The maximum absolute atomic E-state index is 10.7. The van der Waals surface area contributed by atoms with E-state index in [0.717, 1.165) is 0 Å². The van der Waals surface area contributed by atoms with Gasteiger partial charge in [-0.05, 0) is 12.8 Å². The molecule has 3 rings (SSSR count). The van der Waals surface area contributed by atoms with Crippen LogP contribution in [0, 0.1) is 0 Å². The van der Waals surface area contributed by atoms with Crippen LogP contribution in [0.25, 0.3) is 0 Å². The van der Waals surface area contributed by atoms with E-state index in [2.05, 4.69) is 0 Å².